The van der Waals surface area contributed by atoms with Crippen molar-refractivity contribution in [3.63, 3.8) is 0 Å². The van der Waals surface area contributed by atoms with Gasteiger partial charge in [0.1, 0.15) is 5.75 Å². The number of ether oxygens (including phenoxy) is 2. The number of methoxy groups -OCH3 is 2. The van der Waals surface area contributed by atoms with E-state index in [1.807, 2.05) is 24.3 Å². The van der Waals surface area contributed by atoms with Crippen LogP contribution in [0.15, 0.2) is 47.3 Å². The molecule has 0 aliphatic carbocycles. The Morgan fingerprint density at radius 2 is 1.77 bits per heavy atom. The summed E-state index contributed by atoms with van der Waals surface area (Å²) in [6, 6.07) is 12.3. The van der Waals surface area contributed by atoms with Gasteiger partial charge in [0.2, 0.25) is 5.95 Å². The highest BCUT2D eigenvalue weighted by Crippen LogP contribution is 2.25. The molecule has 3 aromatic rings. The molecule has 0 amide bonds. The van der Waals surface area contributed by atoms with Gasteiger partial charge in [0, 0.05) is 19.2 Å². The molecule has 1 aliphatic heterocycles. The number of hydrogen-bond donors (Lipinski definition) is 0. The van der Waals surface area contributed by atoms with Crippen molar-refractivity contribution in [2.45, 2.75) is 25.7 Å². The maximum Gasteiger partial charge on any atom is 0.337 e. The summed E-state index contributed by atoms with van der Waals surface area (Å²) in [5.41, 5.74) is 1.38. The first kappa shape index (κ1) is 19.9. The van der Waals surface area contributed by atoms with Gasteiger partial charge >= 0.3 is 5.97 Å². The summed E-state index contributed by atoms with van der Waals surface area (Å²) in [5.74, 6) is 0.805. The third-order valence-corrected chi connectivity index (χ3v) is 5.47. The van der Waals surface area contributed by atoms with Gasteiger partial charge in [-0.3, -0.25) is 4.79 Å². The van der Waals surface area contributed by atoms with Crippen molar-refractivity contribution in [1.29, 1.82) is 0 Å². The molecule has 0 N–H and O–H groups in total. The van der Waals surface area contributed by atoms with E-state index in [-0.39, 0.29) is 5.56 Å². The second-order valence-corrected chi connectivity index (χ2v) is 7.38. The van der Waals surface area contributed by atoms with Gasteiger partial charge in [0.25, 0.3) is 5.56 Å². The molecule has 7 heteroatoms. The van der Waals surface area contributed by atoms with Gasteiger partial charge in [-0.2, -0.15) is 0 Å². The van der Waals surface area contributed by atoms with E-state index in [1.165, 1.54) is 20.0 Å². The van der Waals surface area contributed by atoms with Crippen LogP contribution in [0.4, 0.5) is 5.95 Å². The summed E-state index contributed by atoms with van der Waals surface area (Å²) in [7, 11) is 2.94. The van der Waals surface area contributed by atoms with Crippen molar-refractivity contribution in [1.82, 2.24) is 9.55 Å². The lowest BCUT2D eigenvalue weighted by Gasteiger charge is -2.25. The zero-order valence-corrected chi connectivity index (χ0v) is 17.3. The Kier molecular flexibility index (Phi) is 5.70. The first-order chi connectivity index (χ1) is 14.6. The summed E-state index contributed by atoms with van der Waals surface area (Å²) in [6.07, 6.45) is 4.43. The molecule has 2 heterocycles. The Hall–Kier alpha value is -3.35. The average molecular weight is 407 g/mol. The van der Waals surface area contributed by atoms with Crippen LogP contribution in [-0.4, -0.2) is 42.8 Å². The van der Waals surface area contributed by atoms with Crippen LogP contribution >= 0.6 is 0 Å². The van der Waals surface area contributed by atoms with Crippen LogP contribution in [0.5, 0.6) is 5.75 Å². The standard InChI is InChI=1S/C23H25N3O4/c1-29-18-9-7-8-17(15-18)26-21(27)19-11-10-16(22(28)30-2)14-20(19)24-23(26)25-12-5-3-4-6-13-25/h7-11,14-15H,3-6,12-13H2,1-2H3. The van der Waals surface area contributed by atoms with Crippen molar-refractivity contribution in [2.75, 3.05) is 32.2 Å². The smallest absolute Gasteiger partial charge is 0.337 e. The van der Waals surface area contributed by atoms with Crippen molar-refractivity contribution < 1.29 is 14.3 Å². The summed E-state index contributed by atoms with van der Waals surface area (Å²) in [5, 5.41) is 0.448. The van der Waals surface area contributed by atoms with E-state index in [0.29, 0.717) is 33.9 Å². The van der Waals surface area contributed by atoms with E-state index in [4.69, 9.17) is 14.5 Å². The number of rotatable bonds is 4. The van der Waals surface area contributed by atoms with Crippen LogP contribution < -0.4 is 15.2 Å². The van der Waals surface area contributed by atoms with Gasteiger partial charge in [-0.05, 0) is 43.2 Å². The molecule has 156 valence electrons. The minimum Gasteiger partial charge on any atom is -0.497 e. The van der Waals surface area contributed by atoms with Crippen molar-refractivity contribution in [3.05, 3.63) is 58.4 Å². The Bertz CT molecular complexity index is 1130. The van der Waals surface area contributed by atoms with Gasteiger partial charge in [0.15, 0.2) is 0 Å². The maximum absolute atomic E-state index is 13.6. The van der Waals surface area contributed by atoms with Crippen LogP contribution in [0, 0.1) is 0 Å². The molecule has 0 radical (unpaired) electrons. The van der Waals surface area contributed by atoms with Crippen LogP contribution in [-0.2, 0) is 4.74 Å². The Morgan fingerprint density at radius 1 is 1.00 bits per heavy atom. The SMILES string of the molecule is COC(=O)c1ccc2c(=O)n(-c3cccc(OC)c3)c(N3CCCCCC3)nc2c1. The topological polar surface area (TPSA) is 73.7 Å². The molecule has 4 rings (SSSR count). The third-order valence-electron chi connectivity index (χ3n) is 5.47. The molecule has 0 atom stereocenters. The minimum absolute atomic E-state index is 0.177. The van der Waals surface area contributed by atoms with Crippen LogP contribution in [0.2, 0.25) is 0 Å². The lowest BCUT2D eigenvalue weighted by molar-refractivity contribution is 0.0601. The van der Waals surface area contributed by atoms with Crippen LogP contribution in [0.25, 0.3) is 16.6 Å². The first-order valence-electron chi connectivity index (χ1n) is 10.2. The Morgan fingerprint density at radius 3 is 2.47 bits per heavy atom. The average Bonchev–Trinajstić information content (AvgIpc) is 3.07. The normalized spacial score (nSPS) is 14.4. The number of benzene rings is 2. The largest absolute Gasteiger partial charge is 0.497 e. The number of nitrogens with zero attached hydrogens (tertiary/aromatic N) is 3. The number of hydrogen-bond acceptors (Lipinski definition) is 6. The molecule has 30 heavy (non-hydrogen) atoms. The number of fused-ring (bicyclic) bond motifs is 1. The van der Waals surface area contributed by atoms with E-state index < -0.39 is 5.97 Å². The fourth-order valence-electron chi connectivity index (χ4n) is 3.88. The van der Waals surface area contributed by atoms with Crippen molar-refractivity contribution in [3.8, 4) is 11.4 Å². The van der Waals surface area contributed by atoms with Crippen LogP contribution in [0.3, 0.4) is 0 Å². The van der Waals surface area contributed by atoms with E-state index in [0.717, 1.165) is 25.9 Å². The second-order valence-electron chi connectivity index (χ2n) is 7.38. The summed E-state index contributed by atoms with van der Waals surface area (Å²) in [6.45, 7) is 1.66. The molecule has 2 aromatic carbocycles. The molecule has 0 spiro atoms. The number of carbonyl (C=O) groups excluding carboxylic acids is 1. The van der Waals surface area contributed by atoms with E-state index in [2.05, 4.69) is 4.90 Å². The van der Waals surface area contributed by atoms with Crippen LogP contribution in [0.1, 0.15) is 36.0 Å². The molecule has 7 nitrogen and oxygen atoms in total. The summed E-state index contributed by atoms with van der Waals surface area (Å²) >= 11 is 0. The predicted octanol–water partition coefficient (Wildman–Crippen LogP) is 3.56. The van der Waals surface area contributed by atoms with Gasteiger partial charge in [-0.25, -0.2) is 14.3 Å². The first-order valence-corrected chi connectivity index (χ1v) is 10.2. The molecule has 1 fully saturated rings. The van der Waals surface area contributed by atoms with Gasteiger partial charge in [-0.15, -0.1) is 0 Å². The number of aromatic nitrogens is 2. The number of anilines is 1. The summed E-state index contributed by atoms with van der Waals surface area (Å²) < 4.78 is 11.8. The molecule has 1 aliphatic rings. The molecule has 1 saturated heterocycles. The fourth-order valence-corrected chi connectivity index (χ4v) is 3.88. The predicted molar refractivity (Wildman–Crippen MR) is 116 cm³/mol. The van der Waals surface area contributed by atoms with Gasteiger partial charge in [0.05, 0.1) is 36.4 Å². The molecule has 1 aromatic heterocycles. The van der Waals surface area contributed by atoms with E-state index in [1.54, 1.807) is 29.9 Å². The lowest BCUT2D eigenvalue weighted by atomic mass is 10.1. The monoisotopic (exact) mass is 407 g/mol. The number of esters is 1. The molecular weight excluding hydrogens is 382 g/mol. The van der Waals surface area contributed by atoms with Crippen molar-refractivity contribution in [2.24, 2.45) is 0 Å². The quantitative estimate of drug-likeness (QED) is 0.616. The minimum atomic E-state index is -0.452. The highest BCUT2D eigenvalue weighted by atomic mass is 16.5. The zero-order valence-electron chi connectivity index (χ0n) is 17.3. The second kappa shape index (κ2) is 8.57. The Balaban J connectivity index is 1.97. The van der Waals surface area contributed by atoms with E-state index in [9.17, 15) is 9.59 Å². The molecule has 0 bridgehead atoms. The lowest BCUT2D eigenvalue weighted by Crippen LogP contribution is -2.33. The highest BCUT2D eigenvalue weighted by molar-refractivity contribution is 5.94. The van der Waals surface area contributed by atoms with Gasteiger partial charge in [-0.1, -0.05) is 18.9 Å². The molecule has 0 unspecified atom stereocenters. The molecule has 0 saturated carbocycles. The Labute approximate surface area is 174 Å². The van der Waals surface area contributed by atoms with Gasteiger partial charge < -0.3 is 14.4 Å². The maximum atomic E-state index is 13.6. The van der Waals surface area contributed by atoms with E-state index >= 15 is 0 Å². The highest BCUT2D eigenvalue weighted by Gasteiger charge is 2.20. The van der Waals surface area contributed by atoms with Crippen molar-refractivity contribution >= 4 is 22.8 Å². The third kappa shape index (κ3) is 3.75. The fraction of sp³-hybridized carbons (Fsp3) is 0.348. The zero-order chi connectivity index (χ0) is 21.1. The summed E-state index contributed by atoms with van der Waals surface area (Å²) in [4.78, 5) is 32.6. The molecular formula is C23H25N3O4. The number of carbonyl (C=O) groups is 1.